The Balaban J connectivity index is 2.43. The van der Waals surface area contributed by atoms with Gasteiger partial charge in [0.25, 0.3) is 0 Å². The Morgan fingerprint density at radius 2 is 2.36 bits per heavy atom. The SMILES string of the molecule is Cc1occc1-c1noc(C(=O)O)n1. The van der Waals surface area contributed by atoms with Crippen LogP contribution in [0.25, 0.3) is 11.4 Å². The molecule has 2 aromatic heterocycles. The lowest BCUT2D eigenvalue weighted by Crippen LogP contribution is -1.95. The Bertz CT molecular complexity index is 471. The maximum Gasteiger partial charge on any atom is 0.394 e. The van der Waals surface area contributed by atoms with Gasteiger partial charge in [-0.05, 0) is 13.0 Å². The van der Waals surface area contributed by atoms with E-state index >= 15 is 0 Å². The summed E-state index contributed by atoms with van der Waals surface area (Å²) in [7, 11) is 0. The van der Waals surface area contributed by atoms with Crippen molar-refractivity contribution in [1.29, 1.82) is 0 Å². The Hall–Kier alpha value is -2.11. The van der Waals surface area contributed by atoms with Crippen molar-refractivity contribution in [3.05, 3.63) is 24.0 Å². The highest BCUT2D eigenvalue weighted by atomic mass is 16.5. The molecule has 0 unspecified atom stereocenters. The number of aromatic nitrogens is 2. The van der Waals surface area contributed by atoms with E-state index in [0.29, 0.717) is 11.3 Å². The largest absolute Gasteiger partial charge is 0.474 e. The highest BCUT2D eigenvalue weighted by Crippen LogP contribution is 2.20. The molecule has 6 nitrogen and oxygen atoms in total. The highest BCUT2D eigenvalue weighted by Gasteiger charge is 2.16. The predicted molar refractivity (Wildman–Crippen MR) is 43.7 cm³/mol. The second-order valence-corrected chi connectivity index (χ2v) is 2.62. The molecule has 0 aliphatic rings. The summed E-state index contributed by atoms with van der Waals surface area (Å²) in [6, 6.07) is 1.64. The first-order chi connectivity index (χ1) is 6.68. The minimum atomic E-state index is -1.25. The van der Waals surface area contributed by atoms with Gasteiger partial charge in [0.05, 0.1) is 11.8 Å². The molecule has 6 heteroatoms. The highest BCUT2D eigenvalue weighted by molar-refractivity contribution is 5.82. The Morgan fingerprint density at radius 3 is 2.86 bits per heavy atom. The molecule has 2 heterocycles. The van der Waals surface area contributed by atoms with Gasteiger partial charge in [-0.3, -0.25) is 0 Å². The third kappa shape index (κ3) is 1.26. The number of hydrogen-bond acceptors (Lipinski definition) is 5. The quantitative estimate of drug-likeness (QED) is 0.775. The molecule has 72 valence electrons. The number of carboxylic acid groups (broad SMARTS) is 1. The van der Waals surface area contributed by atoms with E-state index < -0.39 is 11.9 Å². The fraction of sp³-hybridized carbons (Fsp3) is 0.125. The molecule has 0 fully saturated rings. The van der Waals surface area contributed by atoms with E-state index in [4.69, 9.17) is 9.52 Å². The lowest BCUT2D eigenvalue weighted by atomic mass is 10.2. The lowest BCUT2D eigenvalue weighted by molar-refractivity contribution is 0.0643. The summed E-state index contributed by atoms with van der Waals surface area (Å²) in [5, 5.41) is 12.1. The number of carbonyl (C=O) groups is 1. The van der Waals surface area contributed by atoms with E-state index in [1.54, 1.807) is 13.0 Å². The Morgan fingerprint density at radius 1 is 1.57 bits per heavy atom. The number of nitrogens with zero attached hydrogens (tertiary/aromatic N) is 2. The van der Waals surface area contributed by atoms with Crippen LogP contribution >= 0.6 is 0 Å². The first kappa shape index (κ1) is 8.49. The normalized spacial score (nSPS) is 10.4. The van der Waals surface area contributed by atoms with Crippen molar-refractivity contribution < 1.29 is 18.8 Å². The van der Waals surface area contributed by atoms with Gasteiger partial charge in [0.1, 0.15) is 5.76 Å². The van der Waals surface area contributed by atoms with Gasteiger partial charge in [-0.15, -0.1) is 0 Å². The maximum absolute atomic E-state index is 10.4. The number of aryl methyl sites for hydroxylation is 1. The van der Waals surface area contributed by atoms with E-state index in [2.05, 4.69) is 14.7 Å². The molecule has 2 rings (SSSR count). The number of aromatic carboxylic acids is 1. The van der Waals surface area contributed by atoms with Crippen molar-refractivity contribution in [2.75, 3.05) is 0 Å². The van der Waals surface area contributed by atoms with Gasteiger partial charge in [-0.25, -0.2) is 4.79 Å². The first-order valence-electron chi connectivity index (χ1n) is 3.80. The van der Waals surface area contributed by atoms with Gasteiger partial charge < -0.3 is 14.0 Å². The fourth-order valence-electron chi connectivity index (χ4n) is 1.04. The summed E-state index contributed by atoms with van der Waals surface area (Å²) < 4.78 is 9.52. The Kier molecular flexibility index (Phi) is 1.81. The maximum atomic E-state index is 10.4. The lowest BCUT2D eigenvalue weighted by Gasteiger charge is -1.86. The molecule has 0 amide bonds. The number of furan rings is 1. The van der Waals surface area contributed by atoms with Gasteiger partial charge >= 0.3 is 11.9 Å². The predicted octanol–water partition coefficient (Wildman–Crippen LogP) is 1.34. The van der Waals surface area contributed by atoms with E-state index in [1.807, 2.05) is 0 Å². The van der Waals surface area contributed by atoms with Crippen molar-refractivity contribution in [3.8, 4) is 11.4 Å². The minimum absolute atomic E-state index is 0.216. The zero-order valence-corrected chi connectivity index (χ0v) is 7.22. The van der Waals surface area contributed by atoms with Gasteiger partial charge in [0, 0.05) is 0 Å². The van der Waals surface area contributed by atoms with Crippen LogP contribution in [-0.2, 0) is 0 Å². The molecule has 0 bridgehead atoms. The second-order valence-electron chi connectivity index (χ2n) is 2.62. The monoisotopic (exact) mass is 194 g/mol. The average Bonchev–Trinajstić information content (AvgIpc) is 2.71. The molecule has 0 aromatic carbocycles. The molecule has 0 aliphatic heterocycles. The van der Waals surface area contributed by atoms with Gasteiger partial charge in [0.2, 0.25) is 5.82 Å². The van der Waals surface area contributed by atoms with Crippen LogP contribution in [-0.4, -0.2) is 21.2 Å². The van der Waals surface area contributed by atoms with Crippen LogP contribution in [0.15, 0.2) is 21.3 Å². The summed E-state index contributed by atoms with van der Waals surface area (Å²) in [6.45, 7) is 1.73. The van der Waals surface area contributed by atoms with Crippen molar-refractivity contribution in [2.24, 2.45) is 0 Å². The number of hydrogen-bond donors (Lipinski definition) is 1. The van der Waals surface area contributed by atoms with Crippen LogP contribution in [0.3, 0.4) is 0 Å². The molecule has 0 spiro atoms. The molecule has 0 aliphatic carbocycles. The molecule has 0 saturated heterocycles. The summed E-state index contributed by atoms with van der Waals surface area (Å²) in [4.78, 5) is 14.1. The molecule has 0 radical (unpaired) electrons. The van der Waals surface area contributed by atoms with Gasteiger partial charge in [-0.2, -0.15) is 4.98 Å². The van der Waals surface area contributed by atoms with E-state index in [-0.39, 0.29) is 5.82 Å². The molecule has 0 atom stereocenters. The van der Waals surface area contributed by atoms with Crippen LogP contribution in [0.2, 0.25) is 0 Å². The van der Waals surface area contributed by atoms with Gasteiger partial charge in [-0.1, -0.05) is 5.16 Å². The molecule has 14 heavy (non-hydrogen) atoms. The zero-order chi connectivity index (χ0) is 10.1. The van der Waals surface area contributed by atoms with Crippen molar-refractivity contribution >= 4 is 5.97 Å². The van der Waals surface area contributed by atoms with Crippen LogP contribution in [0.1, 0.15) is 16.4 Å². The summed E-state index contributed by atoms with van der Waals surface area (Å²) in [5.74, 6) is -0.845. The summed E-state index contributed by atoms with van der Waals surface area (Å²) >= 11 is 0. The summed E-state index contributed by atoms with van der Waals surface area (Å²) in [6.07, 6.45) is 1.47. The zero-order valence-electron chi connectivity index (χ0n) is 7.22. The van der Waals surface area contributed by atoms with Crippen molar-refractivity contribution in [3.63, 3.8) is 0 Å². The smallest absolute Gasteiger partial charge is 0.394 e. The second kappa shape index (κ2) is 2.99. The third-order valence-electron chi connectivity index (χ3n) is 1.71. The number of rotatable bonds is 2. The minimum Gasteiger partial charge on any atom is -0.474 e. The van der Waals surface area contributed by atoms with Crippen LogP contribution in [0.5, 0.6) is 0 Å². The third-order valence-corrected chi connectivity index (χ3v) is 1.71. The molecular weight excluding hydrogens is 188 g/mol. The molecule has 0 saturated carbocycles. The van der Waals surface area contributed by atoms with Crippen LogP contribution in [0, 0.1) is 6.92 Å². The summed E-state index contributed by atoms with van der Waals surface area (Å²) in [5.41, 5.74) is 0.626. The van der Waals surface area contributed by atoms with Crippen LogP contribution < -0.4 is 0 Å². The standard InChI is InChI=1S/C8H6N2O4/c1-4-5(2-3-13-4)6-9-7(8(11)12)14-10-6/h2-3H,1H3,(H,11,12). The van der Waals surface area contributed by atoms with E-state index in [9.17, 15) is 4.79 Å². The van der Waals surface area contributed by atoms with E-state index in [0.717, 1.165) is 0 Å². The van der Waals surface area contributed by atoms with Gasteiger partial charge in [0.15, 0.2) is 0 Å². The Labute approximate surface area is 78.2 Å². The van der Waals surface area contributed by atoms with E-state index in [1.165, 1.54) is 6.26 Å². The average molecular weight is 194 g/mol. The topological polar surface area (TPSA) is 89.4 Å². The van der Waals surface area contributed by atoms with Crippen molar-refractivity contribution in [2.45, 2.75) is 6.92 Å². The fourth-order valence-corrected chi connectivity index (χ4v) is 1.04. The molecule has 2 aromatic rings. The van der Waals surface area contributed by atoms with Crippen molar-refractivity contribution in [1.82, 2.24) is 10.1 Å². The molecular formula is C8H6N2O4. The first-order valence-corrected chi connectivity index (χ1v) is 3.80. The number of carboxylic acids is 1. The van der Waals surface area contributed by atoms with Crippen LogP contribution in [0.4, 0.5) is 0 Å². The molecule has 1 N–H and O–H groups in total.